The van der Waals surface area contributed by atoms with E-state index < -0.39 is 5.82 Å². The van der Waals surface area contributed by atoms with Gasteiger partial charge >= 0.3 is 0 Å². The first-order valence-corrected chi connectivity index (χ1v) is 13.9. The molecule has 0 radical (unpaired) electrons. The smallest absolute Gasteiger partial charge is 0.241 e. The summed E-state index contributed by atoms with van der Waals surface area (Å²) < 4.78 is 16.7. The minimum absolute atomic E-state index is 0.0561. The topological polar surface area (TPSA) is 83.4 Å². The molecule has 0 bridgehead atoms. The van der Waals surface area contributed by atoms with E-state index in [-0.39, 0.29) is 28.3 Å². The summed E-state index contributed by atoms with van der Waals surface area (Å²) in [4.78, 5) is 23.7. The normalized spacial score (nSPS) is 19.4. The van der Waals surface area contributed by atoms with Crippen molar-refractivity contribution in [3.63, 3.8) is 0 Å². The highest BCUT2D eigenvalue weighted by Gasteiger charge is 2.34. The zero-order valence-corrected chi connectivity index (χ0v) is 22.6. The van der Waals surface area contributed by atoms with Crippen molar-refractivity contribution in [3.8, 4) is 16.9 Å². The number of aliphatic imine (C=N–C) groups is 1. The number of aromatic hydroxyl groups is 1. The summed E-state index contributed by atoms with van der Waals surface area (Å²) in [6.45, 7) is 6.69. The molecule has 39 heavy (non-hydrogen) atoms. The van der Waals surface area contributed by atoms with Crippen molar-refractivity contribution in [2.75, 3.05) is 57.5 Å². The van der Waals surface area contributed by atoms with E-state index in [0.29, 0.717) is 75.3 Å². The Morgan fingerprint density at radius 1 is 1.15 bits per heavy atom. The van der Waals surface area contributed by atoms with Crippen molar-refractivity contribution in [1.82, 2.24) is 20.4 Å². The second kappa shape index (κ2) is 10.6. The molecule has 0 aliphatic carbocycles. The van der Waals surface area contributed by atoms with Gasteiger partial charge in [-0.2, -0.15) is 0 Å². The van der Waals surface area contributed by atoms with Gasteiger partial charge in [0, 0.05) is 57.1 Å². The highest BCUT2D eigenvalue weighted by Crippen LogP contribution is 2.44. The molecular weight excluding hydrogens is 519 g/mol. The summed E-state index contributed by atoms with van der Waals surface area (Å²) in [5.74, 6) is 0.457. The Morgan fingerprint density at radius 2 is 1.95 bits per heavy atom. The molecule has 10 heteroatoms. The van der Waals surface area contributed by atoms with Crippen molar-refractivity contribution < 1.29 is 14.3 Å². The Balaban J connectivity index is 1.37. The maximum atomic E-state index is 16.7. The Kier molecular flexibility index (Phi) is 7.05. The zero-order valence-electron chi connectivity index (χ0n) is 21.9. The van der Waals surface area contributed by atoms with Gasteiger partial charge in [0.25, 0.3) is 0 Å². The van der Waals surface area contributed by atoms with Crippen molar-refractivity contribution >= 4 is 39.8 Å². The lowest BCUT2D eigenvalue weighted by Gasteiger charge is -2.40. The number of piperazine rings is 1. The molecule has 0 saturated carbocycles. The summed E-state index contributed by atoms with van der Waals surface area (Å²) in [5.41, 5.74) is 1.97. The molecule has 3 aromatic rings. The van der Waals surface area contributed by atoms with Crippen LogP contribution < -0.4 is 15.5 Å². The second-order valence-corrected chi connectivity index (χ2v) is 10.7. The predicted octanol–water partition coefficient (Wildman–Crippen LogP) is 3.60. The van der Waals surface area contributed by atoms with Crippen LogP contribution in [-0.2, 0) is 4.79 Å². The van der Waals surface area contributed by atoms with Gasteiger partial charge in [0.15, 0.2) is 5.82 Å². The van der Waals surface area contributed by atoms with Crippen molar-refractivity contribution in [2.24, 2.45) is 4.99 Å². The predicted molar refractivity (Wildman–Crippen MR) is 153 cm³/mol. The Hall–Kier alpha value is -3.40. The van der Waals surface area contributed by atoms with Gasteiger partial charge in [-0.05, 0) is 41.0 Å². The molecule has 3 aromatic carbocycles. The van der Waals surface area contributed by atoms with Gasteiger partial charge in [-0.15, -0.1) is 0 Å². The molecule has 3 heterocycles. The van der Waals surface area contributed by atoms with Crippen molar-refractivity contribution in [2.45, 2.75) is 19.4 Å². The lowest BCUT2D eigenvalue weighted by Crippen LogP contribution is -2.55. The van der Waals surface area contributed by atoms with Crippen LogP contribution in [0.3, 0.4) is 0 Å². The molecule has 3 aliphatic heterocycles. The fourth-order valence-electron chi connectivity index (χ4n) is 5.89. The quantitative estimate of drug-likeness (QED) is 0.460. The standard InChI is InChI=1S/C29H32ClFN6O2/c1-2-7-37-17-34-28(35-8-10-36(11-9-35)29(39)24-15-32-16-33-24)22-14-23(30)25(26(31)27(22)37)21-13-19(38)12-18-5-3-4-6-20(18)21/h3-6,12-14,24,32-33,38H,2,7-11,15-17H2,1H3. The maximum absolute atomic E-state index is 16.7. The molecule has 1 amide bonds. The Labute approximate surface area is 232 Å². The van der Waals surface area contributed by atoms with Gasteiger partial charge in [0.2, 0.25) is 5.91 Å². The third-order valence-corrected chi connectivity index (χ3v) is 8.06. The molecule has 6 rings (SSSR count). The van der Waals surface area contributed by atoms with E-state index >= 15 is 4.39 Å². The number of nitrogens with one attached hydrogen (secondary N) is 2. The van der Waals surface area contributed by atoms with Gasteiger partial charge in [-0.25, -0.2) is 9.38 Å². The summed E-state index contributed by atoms with van der Waals surface area (Å²) >= 11 is 6.84. The minimum Gasteiger partial charge on any atom is -0.508 e. The van der Waals surface area contributed by atoms with Crippen LogP contribution in [0.25, 0.3) is 21.9 Å². The van der Waals surface area contributed by atoms with E-state index in [0.717, 1.165) is 17.2 Å². The molecular formula is C29H32ClFN6O2. The number of benzene rings is 3. The number of amides is 1. The summed E-state index contributed by atoms with van der Waals surface area (Å²) in [7, 11) is 0. The number of phenols is 1. The number of carbonyl (C=O) groups excluding carboxylic acids is 1. The van der Waals surface area contributed by atoms with Crippen molar-refractivity contribution in [1.29, 1.82) is 0 Å². The van der Waals surface area contributed by atoms with E-state index in [9.17, 15) is 9.90 Å². The lowest BCUT2D eigenvalue weighted by atomic mass is 9.94. The van der Waals surface area contributed by atoms with Crippen LogP contribution in [0.1, 0.15) is 18.9 Å². The maximum Gasteiger partial charge on any atom is 0.241 e. The van der Waals surface area contributed by atoms with Crippen molar-refractivity contribution in [3.05, 3.63) is 58.9 Å². The van der Waals surface area contributed by atoms with Gasteiger partial charge in [-0.1, -0.05) is 42.8 Å². The number of amidine groups is 1. The SMILES string of the molecule is CCCN1CN=C(N2CCN(C(=O)C3CNCN3)CC2)c2cc(Cl)c(-c3cc(O)cc4ccccc34)c(F)c21. The monoisotopic (exact) mass is 550 g/mol. The minimum atomic E-state index is -0.414. The first-order valence-electron chi connectivity index (χ1n) is 13.5. The van der Waals surface area contributed by atoms with E-state index in [1.807, 2.05) is 34.1 Å². The van der Waals surface area contributed by atoms with Crippen LogP contribution in [0.4, 0.5) is 10.1 Å². The third kappa shape index (κ3) is 4.68. The van der Waals surface area contributed by atoms with Crippen LogP contribution in [0, 0.1) is 5.82 Å². The Bertz CT molecular complexity index is 1450. The number of halogens is 2. The van der Waals surface area contributed by atoms with Crippen LogP contribution in [-0.4, -0.2) is 85.3 Å². The lowest BCUT2D eigenvalue weighted by molar-refractivity contribution is -0.134. The van der Waals surface area contributed by atoms with Gasteiger partial charge in [0.05, 0.1) is 10.7 Å². The number of anilines is 1. The summed E-state index contributed by atoms with van der Waals surface area (Å²) in [6.07, 6.45) is 0.835. The molecule has 2 fully saturated rings. The van der Waals surface area contributed by atoms with Crippen LogP contribution in [0.15, 0.2) is 47.5 Å². The molecule has 2 saturated heterocycles. The number of fused-ring (bicyclic) bond motifs is 2. The molecule has 8 nitrogen and oxygen atoms in total. The van der Waals surface area contributed by atoms with E-state index in [1.165, 1.54) is 0 Å². The van der Waals surface area contributed by atoms with Gasteiger partial charge in [0.1, 0.15) is 24.3 Å². The zero-order chi connectivity index (χ0) is 27.1. The number of carbonyl (C=O) groups is 1. The van der Waals surface area contributed by atoms with Gasteiger partial charge < -0.3 is 25.1 Å². The summed E-state index contributed by atoms with van der Waals surface area (Å²) in [5, 5.41) is 18.7. The number of nitrogens with zero attached hydrogens (tertiary/aromatic N) is 4. The second-order valence-electron chi connectivity index (χ2n) is 10.2. The highest BCUT2D eigenvalue weighted by molar-refractivity contribution is 6.34. The number of hydrogen-bond donors (Lipinski definition) is 3. The number of hydrogen-bond acceptors (Lipinski definition) is 7. The summed E-state index contributed by atoms with van der Waals surface area (Å²) in [6, 6.07) is 12.4. The highest BCUT2D eigenvalue weighted by atomic mass is 35.5. The molecule has 0 spiro atoms. The average molecular weight is 551 g/mol. The van der Waals surface area contributed by atoms with E-state index in [2.05, 4.69) is 22.5 Å². The number of phenolic OH excluding ortho intramolecular Hbond substituents is 1. The van der Waals surface area contributed by atoms with E-state index in [1.54, 1.807) is 18.2 Å². The molecule has 204 valence electrons. The fourth-order valence-corrected chi connectivity index (χ4v) is 6.18. The molecule has 3 N–H and O–H groups in total. The van der Waals surface area contributed by atoms with Crippen LogP contribution in [0.5, 0.6) is 5.75 Å². The fraction of sp³-hybridized carbons (Fsp3) is 0.379. The van der Waals surface area contributed by atoms with Crippen LogP contribution >= 0.6 is 11.6 Å². The molecule has 0 aromatic heterocycles. The molecule has 3 aliphatic rings. The largest absolute Gasteiger partial charge is 0.508 e. The average Bonchev–Trinajstić information content (AvgIpc) is 3.48. The van der Waals surface area contributed by atoms with Crippen LogP contribution in [0.2, 0.25) is 5.02 Å². The molecule has 1 atom stereocenters. The van der Waals surface area contributed by atoms with E-state index in [4.69, 9.17) is 16.6 Å². The number of rotatable bonds is 4. The third-order valence-electron chi connectivity index (χ3n) is 7.76. The van der Waals surface area contributed by atoms with Gasteiger partial charge in [-0.3, -0.25) is 10.1 Å². The Morgan fingerprint density at radius 3 is 2.69 bits per heavy atom. The first kappa shape index (κ1) is 25.9. The molecule has 1 unspecified atom stereocenters. The first-order chi connectivity index (χ1) is 19.0.